The van der Waals surface area contributed by atoms with Gasteiger partial charge in [0.1, 0.15) is 18.1 Å². The first-order valence-corrected chi connectivity index (χ1v) is 13.6. The van der Waals surface area contributed by atoms with Gasteiger partial charge in [-0.15, -0.1) is 16.4 Å². The monoisotopic (exact) mass is 565 g/mol. The van der Waals surface area contributed by atoms with E-state index in [0.717, 1.165) is 27.1 Å². The quantitative estimate of drug-likeness (QED) is 0.241. The van der Waals surface area contributed by atoms with Gasteiger partial charge in [-0.2, -0.15) is 4.68 Å². The molecule has 0 saturated carbocycles. The summed E-state index contributed by atoms with van der Waals surface area (Å²) in [6, 6.07) is 17.8. The van der Waals surface area contributed by atoms with E-state index in [4.69, 9.17) is 10.5 Å². The number of amides is 2. The number of anilines is 1. The maximum Gasteiger partial charge on any atom is 0.436 e. The largest absolute Gasteiger partial charge is 0.445 e. The molecule has 11 heteroatoms. The van der Waals surface area contributed by atoms with E-state index in [2.05, 4.69) is 15.7 Å². The molecule has 0 aliphatic heterocycles. The minimum atomic E-state index is -0.923. The standard InChI is InChI=1S/C29H32FN5O4S/c1-17(2)23(31)18-10-12-19(13-11-18)25(36)32-24-21-16-22(40-27(21)35(34-24)28(38)39-15-14-30)26(37)33-29(3,4)20-8-6-5-7-9-20/h5-13,16-17,23H,14-15,31H2,1-4H3,(H,33,37)(H,32,34,36). The third-order valence-electron chi connectivity index (χ3n) is 6.49. The van der Waals surface area contributed by atoms with E-state index in [9.17, 15) is 18.8 Å². The highest BCUT2D eigenvalue weighted by Gasteiger charge is 2.27. The van der Waals surface area contributed by atoms with Gasteiger partial charge in [-0.05, 0) is 49.1 Å². The molecule has 2 aromatic heterocycles. The molecule has 2 heterocycles. The molecule has 2 aromatic carbocycles. The number of fused-ring (bicyclic) bond motifs is 1. The van der Waals surface area contributed by atoms with E-state index >= 15 is 0 Å². The van der Waals surface area contributed by atoms with E-state index in [1.807, 2.05) is 58.0 Å². The second-order valence-corrected chi connectivity index (χ2v) is 11.2. The lowest BCUT2D eigenvalue weighted by Gasteiger charge is -2.26. The van der Waals surface area contributed by atoms with Gasteiger partial charge in [-0.25, -0.2) is 9.18 Å². The van der Waals surface area contributed by atoms with Crippen LogP contribution in [0.4, 0.5) is 15.0 Å². The Morgan fingerprint density at radius 2 is 1.75 bits per heavy atom. The lowest BCUT2D eigenvalue weighted by atomic mass is 9.94. The first-order chi connectivity index (χ1) is 19.0. The van der Waals surface area contributed by atoms with Crippen LogP contribution in [0.15, 0.2) is 60.7 Å². The van der Waals surface area contributed by atoms with Crippen molar-refractivity contribution in [3.63, 3.8) is 0 Å². The maximum absolute atomic E-state index is 13.3. The van der Waals surface area contributed by atoms with Crippen LogP contribution in [-0.2, 0) is 10.3 Å². The van der Waals surface area contributed by atoms with Crippen LogP contribution in [-0.4, -0.2) is 41.0 Å². The molecule has 0 saturated heterocycles. The van der Waals surface area contributed by atoms with Crippen LogP contribution in [0.2, 0.25) is 0 Å². The molecule has 4 N–H and O–H groups in total. The van der Waals surface area contributed by atoms with Gasteiger partial charge in [0, 0.05) is 11.6 Å². The summed E-state index contributed by atoms with van der Waals surface area (Å²) >= 11 is 1.01. The number of ether oxygens (including phenoxy) is 1. The van der Waals surface area contributed by atoms with Crippen LogP contribution in [0.25, 0.3) is 10.2 Å². The molecule has 2 amide bonds. The van der Waals surface area contributed by atoms with Gasteiger partial charge in [-0.3, -0.25) is 9.59 Å². The molecule has 0 aliphatic carbocycles. The number of hydrogen-bond acceptors (Lipinski definition) is 7. The number of halogens is 1. The van der Waals surface area contributed by atoms with Gasteiger partial charge < -0.3 is 21.1 Å². The summed E-state index contributed by atoms with van der Waals surface area (Å²) in [5.41, 5.74) is 7.70. The summed E-state index contributed by atoms with van der Waals surface area (Å²) in [7, 11) is 0. The van der Waals surface area contributed by atoms with Crippen LogP contribution >= 0.6 is 11.3 Å². The van der Waals surface area contributed by atoms with Crippen molar-refractivity contribution in [2.45, 2.75) is 39.3 Å². The van der Waals surface area contributed by atoms with E-state index in [1.54, 1.807) is 30.3 Å². The lowest BCUT2D eigenvalue weighted by Crippen LogP contribution is -2.40. The van der Waals surface area contributed by atoms with Crippen molar-refractivity contribution in [2.75, 3.05) is 18.6 Å². The third-order valence-corrected chi connectivity index (χ3v) is 7.60. The van der Waals surface area contributed by atoms with E-state index in [-0.39, 0.29) is 28.5 Å². The van der Waals surface area contributed by atoms with Crippen LogP contribution < -0.4 is 16.4 Å². The Labute approximate surface area is 235 Å². The number of carbonyl (C=O) groups is 3. The highest BCUT2D eigenvalue weighted by atomic mass is 32.1. The Bertz CT molecular complexity index is 1510. The molecule has 210 valence electrons. The van der Waals surface area contributed by atoms with Crippen molar-refractivity contribution in [3.8, 4) is 0 Å². The fourth-order valence-corrected chi connectivity index (χ4v) is 5.11. The van der Waals surface area contributed by atoms with Crippen LogP contribution in [0, 0.1) is 5.92 Å². The number of nitrogens with two attached hydrogens (primary N) is 1. The fourth-order valence-electron chi connectivity index (χ4n) is 4.12. The maximum atomic E-state index is 13.3. The molecule has 40 heavy (non-hydrogen) atoms. The molecule has 0 aliphatic rings. The second-order valence-electron chi connectivity index (χ2n) is 10.2. The molecule has 1 unspecified atom stereocenters. The number of alkyl halides is 1. The number of thiophene rings is 1. The highest BCUT2D eigenvalue weighted by molar-refractivity contribution is 7.20. The number of hydrogen-bond donors (Lipinski definition) is 3. The van der Waals surface area contributed by atoms with Gasteiger partial charge >= 0.3 is 6.09 Å². The van der Waals surface area contributed by atoms with E-state index in [1.165, 1.54) is 0 Å². The zero-order chi connectivity index (χ0) is 29.0. The molecular weight excluding hydrogens is 533 g/mol. The molecule has 4 aromatic rings. The average Bonchev–Trinajstić information content (AvgIpc) is 3.52. The van der Waals surface area contributed by atoms with Gasteiger partial charge in [0.2, 0.25) is 0 Å². The van der Waals surface area contributed by atoms with Crippen LogP contribution in [0.3, 0.4) is 0 Å². The van der Waals surface area contributed by atoms with Crippen LogP contribution in [0.1, 0.15) is 64.9 Å². The third kappa shape index (κ3) is 6.21. The first-order valence-electron chi connectivity index (χ1n) is 12.8. The topological polar surface area (TPSA) is 128 Å². The van der Waals surface area contributed by atoms with Gasteiger partial charge in [0.05, 0.1) is 15.8 Å². The van der Waals surface area contributed by atoms with Gasteiger partial charge in [-0.1, -0.05) is 56.3 Å². The number of carbonyl (C=O) groups excluding carboxylic acids is 3. The summed E-state index contributed by atoms with van der Waals surface area (Å²) in [6.07, 6.45) is -0.923. The minimum absolute atomic E-state index is 0.0674. The zero-order valence-corrected chi connectivity index (χ0v) is 23.5. The Kier molecular flexibility index (Phi) is 8.65. The smallest absolute Gasteiger partial charge is 0.436 e. The van der Waals surface area contributed by atoms with Crippen molar-refractivity contribution in [1.29, 1.82) is 0 Å². The predicted molar refractivity (Wildman–Crippen MR) is 153 cm³/mol. The number of nitrogens with one attached hydrogen (secondary N) is 2. The number of rotatable bonds is 9. The minimum Gasteiger partial charge on any atom is -0.445 e. The van der Waals surface area contributed by atoms with E-state index in [0.29, 0.717) is 15.8 Å². The predicted octanol–water partition coefficient (Wildman–Crippen LogP) is 5.63. The molecular formula is C29H32FN5O4S. The normalized spacial score (nSPS) is 12.4. The van der Waals surface area contributed by atoms with Crippen molar-refractivity contribution < 1.29 is 23.5 Å². The van der Waals surface area contributed by atoms with Crippen molar-refractivity contribution in [1.82, 2.24) is 15.1 Å². The highest BCUT2D eigenvalue weighted by Crippen LogP contribution is 2.33. The fraction of sp³-hybridized carbons (Fsp3) is 0.310. The SMILES string of the molecule is CC(C)C(N)c1ccc(C(=O)Nc2nn(C(=O)OCCF)c3sc(C(=O)NC(C)(C)c4ccccc4)cc23)cc1. The van der Waals surface area contributed by atoms with Crippen LogP contribution in [0.5, 0.6) is 0 Å². The summed E-state index contributed by atoms with van der Waals surface area (Å²) in [5, 5.41) is 10.3. The first kappa shape index (κ1) is 28.9. The molecule has 0 fully saturated rings. The molecule has 0 bridgehead atoms. The van der Waals surface area contributed by atoms with Crippen molar-refractivity contribution in [3.05, 3.63) is 82.2 Å². The summed E-state index contributed by atoms with van der Waals surface area (Å²) in [4.78, 5) is 39.5. The molecule has 0 radical (unpaired) electrons. The molecule has 1 atom stereocenters. The molecule has 0 spiro atoms. The van der Waals surface area contributed by atoms with Crippen molar-refractivity contribution in [2.24, 2.45) is 11.7 Å². The second kappa shape index (κ2) is 12.0. The zero-order valence-electron chi connectivity index (χ0n) is 22.7. The Morgan fingerprint density at radius 3 is 2.38 bits per heavy atom. The Morgan fingerprint density at radius 1 is 1.07 bits per heavy atom. The Balaban J connectivity index is 1.63. The molecule has 9 nitrogen and oxygen atoms in total. The number of nitrogens with zero attached hydrogens (tertiary/aromatic N) is 2. The van der Waals surface area contributed by atoms with Crippen molar-refractivity contribution >= 4 is 45.3 Å². The van der Waals surface area contributed by atoms with E-state index < -0.39 is 30.8 Å². The number of benzene rings is 2. The summed E-state index contributed by atoms with van der Waals surface area (Å²) < 4.78 is 18.5. The summed E-state index contributed by atoms with van der Waals surface area (Å²) in [6.45, 7) is 6.50. The van der Waals surface area contributed by atoms with Gasteiger partial charge in [0.15, 0.2) is 5.82 Å². The Hall–Kier alpha value is -4.09. The lowest BCUT2D eigenvalue weighted by molar-refractivity contribution is 0.0915. The number of aromatic nitrogens is 2. The summed E-state index contributed by atoms with van der Waals surface area (Å²) in [5.74, 6) is -0.529. The molecule has 4 rings (SSSR count). The average molecular weight is 566 g/mol. The van der Waals surface area contributed by atoms with Gasteiger partial charge in [0.25, 0.3) is 11.8 Å².